The van der Waals surface area contributed by atoms with E-state index >= 15 is 0 Å². The van der Waals surface area contributed by atoms with Crippen molar-refractivity contribution in [1.29, 1.82) is 0 Å². The fraction of sp³-hybridized carbons (Fsp3) is 0.231. The molecule has 0 saturated carbocycles. The van der Waals surface area contributed by atoms with Crippen LogP contribution >= 0.6 is 0 Å². The maximum atomic E-state index is 14.5. The van der Waals surface area contributed by atoms with Crippen molar-refractivity contribution in [3.63, 3.8) is 0 Å². The molecule has 0 bridgehead atoms. The van der Waals surface area contributed by atoms with Crippen molar-refractivity contribution < 1.29 is 9.50 Å². The van der Waals surface area contributed by atoms with Gasteiger partial charge in [-0.1, -0.05) is 54.6 Å². The molecule has 30 heavy (non-hydrogen) atoms. The molecular weight excluding hydrogens is 375 g/mol. The van der Waals surface area contributed by atoms with E-state index in [1.54, 1.807) is 31.5 Å². The van der Waals surface area contributed by atoms with Crippen molar-refractivity contribution in [1.82, 2.24) is 9.97 Å². The van der Waals surface area contributed by atoms with Crippen molar-refractivity contribution in [3.05, 3.63) is 90.5 Å². The molecule has 4 heteroatoms. The minimum atomic E-state index is -0.301. The molecule has 0 aliphatic heterocycles. The summed E-state index contributed by atoms with van der Waals surface area (Å²) in [6, 6.07) is 13.3. The van der Waals surface area contributed by atoms with Gasteiger partial charge in [-0.25, -0.2) is 14.4 Å². The molecule has 1 atom stereocenters. The zero-order valence-corrected chi connectivity index (χ0v) is 17.3. The number of hydrogen-bond acceptors (Lipinski definition) is 3. The molecule has 3 nitrogen and oxygen atoms in total. The maximum Gasteiger partial charge on any atom is 0.159 e. The Morgan fingerprint density at radius 1 is 1.03 bits per heavy atom. The first-order chi connectivity index (χ1) is 14.6. The van der Waals surface area contributed by atoms with Crippen molar-refractivity contribution >= 4 is 6.08 Å². The van der Waals surface area contributed by atoms with Gasteiger partial charge < -0.3 is 5.11 Å². The number of nitrogens with zero attached hydrogens (tertiary/aromatic N) is 2. The fourth-order valence-electron chi connectivity index (χ4n) is 3.17. The molecule has 1 unspecified atom stereocenters. The van der Waals surface area contributed by atoms with Crippen LogP contribution in [-0.4, -0.2) is 21.2 Å². The maximum absolute atomic E-state index is 14.5. The van der Waals surface area contributed by atoms with Gasteiger partial charge >= 0.3 is 0 Å². The summed E-state index contributed by atoms with van der Waals surface area (Å²) in [5.41, 5.74) is 4.34. The number of rotatable bonds is 9. The van der Waals surface area contributed by atoms with Gasteiger partial charge in [-0.3, -0.25) is 0 Å². The molecule has 3 rings (SSSR count). The second-order valence-electron chi connectivity index (χ2n) is 7.40. The summed E-state index contributed by atoms with van der Waals surface area (Å²) in [4.78, 5) is 8.84. The molecule has 0 radical (unpaired) electrons. The third-order valence-electron chi connectivity index (χ3n) is 4.87. The number of hydrogen-bond donors (Lipinski definition) is 1. The van der Waals surface area contributed by atoms with Crippen LogP contribution in [0.3, 0.4) is 0 Å². The first-order valence-electron chi connectivity index (χ1n) is 10.2. The van der Waals surface area contributed by atoms with E-state index in [4.69, 9.17) is 0 Å². The Kier molecular flexibility index (Phi) is 7.63. The molecule has 1 heterocycles. The van der Waals surface area contributed by atoms with Crippen LogP contribution in [0.1, 0.15) is 37.3 Å². The van der Waals surface area contributed by atoms with Crippen molar-refractivity contribution in [2.24, 2.45) is 0 Å². The van der Waals surface area contributed by atoms with Crippen LogP contribution in [0.2, 0.25) is 0 Å². The number of unbranched alkanes of at least 4 members (excludes halogenated alkanes) is 1. The highest BCUT2D eigenvalue weighted by atomic mass is 19.1. The third-order valence-corrected chi connectivity index (χ3v) is 4.87. The van der Waals surface area contributed by atoms with Gasteiger partial charge in [-0.2, -0.15) is 0 Å². The number of aliphatic hydroxyl groups is 1. The van der Waals surface area contributed by atoms with Crippen LogP contribution in [0, 0.1) is 5.82 Å². The van der Waals surface area contributed by atoms with Gasteiger partial charge in [0, 0.05) is 29.1 Å². The molecule has 1 aromatic heterocycles. The molecule has 0 amide bonds. The third kappa shape index (κ3) is 5.94. The first kappa shape index (κ1) is 21.6. The predicted octanol–water partition coefficient (Wildman–Crippen LogP) is 6.24. The SMILES string of the molecule is C=CCc1ccc(-c2cnc(-c3ccc(/C=C/CCCC(C)O)c(F)c3)nc2)cc1. The minimum absolute atomic E-state index is 0.294. The van der Waals surface area contributed by atoms with Crippen molar-refractivity contribution in [3.8, 4) is 22.5 Å². The van der Waals surface area contributed by atoms with Gasteiger partial charge in [0.1, 0.15) is 5.82 Å². The highest BCUT2D eigenvalue weighted by molar-refractivity contribution is 5.65. The smallest absolute Gasteiger partial charge is 0.159 e. The zero-order chi connectivity index (χ0) is 21.3. The molecule has 0 saturated heterocycles. The molecule has 3 aromatic rings. The Morgan fingerprint density at radius 3 is 2.37 bits per heavy atom. The lowest BCUT2D eigenvalue weighted by Crippen LogP contribution is -1.97. The lowest BCUT2D eigenvalue weighted by atomic mass is 10.0. The normalized spacial score (nSPS) is 12.2. The summed E-state index contributed by atoms with van der Waals surface area (Å²) in [6.07, 6.45) is 12.1. The lowest BCUT2D eigenvalue weighted by molar-refractivity contribution is 0.182. The average Bonchev–Trinajstić information content (AvgIpc) is 2.75. The van der Waals surface area contributed by atoms with Gasteiger partial charge in [0.2, 0.25) is 0 Å². The van der Waals surface area contributed by atoms with E-state index in [0.717, 1.165) is 36.8 Å². The molecule has 0 spiro atoms. The van der Waals surface area contributed by atoms with Crippen LogP contribution in [0.4, 0.5) is 4.39 Å². The van der Waals surface area contributed by atoms with Crippen molar-refractivity contribution in [2.75, 3.05) is 0 Å². The number of benzene rings is 2. The van der Waals surface area contributed by atoms with Gasteiger partial charge in [-0.15, -0.1) is 6.58 Å². The Bertz CT molecular complexity index is 993. The molecule has 154 valence electrons. The number of halogens is 1. The number of allylic oxidation sites excluding steroid dienone is 2. The lowest BCUT2D eigenvalue weighted by Gasteiger charge is -2.06. The summed E-state index contributed by atoms with van der Waals surface area (Å²) in [7, 11) is 0. The van der Waals surface area contributed by atoms with E-state index in [1.165, 1.54) is 11.6 Å². The van der Waals surface area contributed by atoms with Crippen molar-refractivity contribution in [2.45, 2.75) is 38.7 Å². The summed E-state index contributed by atoms with van der Waals surface area (Å²) in [5, 5.41) is 9.27. The molecular formula is C26H27FN2O. The van der Waals surface area contributed by atoms with Crippen LogP contribution in [0.25, 0.3) is 28.6 Å². The Hall–Kier alpha value is -3.11. The second kappa shape index (κ2) is 10.6. The highest BCUT2D eigenvalue weighted by Crippen LogP contribution is 2.23. The second-order valence-corrected chi connectivity index (χ2v) is 7.40. The van der Waals surface area contributed by atoms with E-state index < -0.39 is 0 Å². The number of aromatic nitrogens is 2. The molecule has 0 aliphatic rings. The summed E-state index contributed by atoms with van der Waals surface area (Å²) in [6.45, 7) is 5.53. The molecule has 1 N–H and O–H groups in total. The topological polar surface area (TPSA) is 46.0 Å². The Balaban J connectivity index is 1.68. The van der Waals surface area contributed by atoms with Crippen LogP contribution in [-0.2, 0) is 6.42 Å². The van der Waals surface area contributed by atoms with Gasteiger partial charge in [-0.05, 0) is 49.8 Å². The van der Waals surface area contributed by atoms with E-state index in [9.17, 15) is 9.50 Å². The average molecular weight is 403 g/mol. The van der Waals surface area contributed by atoms with E-state index in [-0.39, 0.29) is 11.9 Å². The largest absolute Gasteiger partial charge is 0.393 e. The van der Waals surface area contributed by atoms with Crippen LogP contribution in [0.15, 0.2) is 73.6 Å². The zero-order valence-electron chi connectivity index (χ0n) is 17.3. The summed E-state index contributed by atoms with van der Waals surface area (Å²) >= 11 is 0. The summed E-state index contributed by atoms with van der Waals surface area (Å²) < 4.78 is 14.5. The first-order valence-corrected chi connectivity index (χ1v) is 10.2. The monoisotopic (exact) mass is 402 g/mol. The Morgan fingerprint density at radius 2 is 1.73 bits per heavy atom. The Labute approximate surface area is 177 Å². The predicted molar refractivity (Wildman–Crippen MR) is 121 cm³/mol. The molecule has 0 aliphatic carbocycles. The van der Waals surface area contributed by atoms with Gasteiger partial charge in [0.15, 0.2) is 5.82 Å². The van der Waals surface area contributed by atoms with Gasteiger partial charge in [0.25, 0.3) is 0 Å². The highest BCUT2D eigenvalue weighted by Gasteiger charge is 2.07. The minimum Gasteiger partial charge on any atom is -0.393 e. The van der Waals surface area contributed by atoms with Crippen LogP contribution < -0.4 is 0 Å². The number of aliphatic hydroxyl groups excluding tert-OH is 1. The molecule has 2 aromatic carbocycles. The van der Waals surface area contributed by atoms with E-state index in [1.807, 2.05) is 30.4 Å². The van der Waals surface area contributed by atoms with Crippen LogP contribution in [0.5, 0.6) is 0 Å². The quantitative estimate of drug-likeness (QED) is 0.340. The van der Waals surface area contributed by atoms with E-state index in [0.29, 0.717) is 17.0 Å². The van der Waals surface area contributed by atoms with E-state index in [2.05, 4.69) is 28.7 Å². The standard InChI is InChI=1S/C26H27FN2O/c1-3-7-20-10-12-21(13-11-20)24-17-28-26(29-18-24)23-15-14-22(25(27)16-23)9-6-4-5-8-19(2)30/h3,6,9-19,30H,1,4-5,7-8H2,2H3/b9-6+. The van der Waals surface area contributed by atoms with Gasteiger partial charge in [0.05, 0.1) is 6.10 Å². The molecule has 0 fully saturated rings. The fourth-order valence-corrected chi connectivity index (χ4v) is 3.17. The summed E-state index contributed by atoms with van der Waals surface area (Å²) in [5.74, 6) is 0.193.